The molecule has 0 aliphatic carbocycles. The molecule has 5 aromatic rings. The van der Waals surface area contributed by atoms with Gasteiger partial charge >= 0.3 is 0 Å². The number of amides is 1. The molecule has 0 radical (unpaired) electrons. The number of nitrogens with one attached hydrogen (secondary N) is 1. The van der Waals surface area contributed by atoms with Crippen molar-refractivity contribution < 1.29 is 9.32 Å². The zero-order valence-corrected chi connectivity index (χ0v) is 20.3. The van der Waals surface area contributed by atoms with Crippen molar-refractivity contribution in [3.63, 3.8) is 0 Å². The number of anilines is 1. The fraction of sp³-hybridized carbons (Fsp3) is 0.269. The van der Waals surface area contributed by atoms with E-state index >= 15 is 0 Å². The highest BCUT2D eigenvalue weighted by molar-refractivity contribution is 6.07. The van der Waals surface area contributed by atoms with Crippen LogP contribution in [0.1, 0.15) is 34.0 Å². The summed E-state index contributed by atoms with van der Waals surface area (Å²) in [5.41, 5.74) is 6.36. The largest absolute Gasteiger partial charge is 0.337 e. The Morgan fingerprint density at radius 1 is 1.03 bits per heavy atom. The first-order valence-corrected chi connectivity index (χ1v) is 11.4. The minimum Gasteiger partial charge on any atom is -0.337 e. The molecule has 9 heteroatoms. The zero-order chi connectivity index (χ0) is 24.9. The summed E-state index contributed by atoms with van der Waals surface area (Å²) in [4.78, 5) is 35.6. The Hall–Kier alpha value is -4.27. The number of aryl methyl sites for hydroxylation is 5. The SMILES string of the molecule is Cc1cc(C)c(NC(=O)Cn2c3ccc(C)cc3c3ncn(Cc4nc(C)no4)c(=O)c32)c(C)c1. The summed E-state index contributed by atoms with van der Waals surface area (Å²) in [6.45, 7) is 9.74. The third kappa shape index (κ3) is 4.09. The van der Waals surface area contributed by atoms with Crippen LogP contribution in [0.25, 0.3) is 21.9 Å². The highest BCUT2D eigenvalue weighted by Gasteiger charge is 2.20. The molecule has 2 aromatic carbocycles. The predicted octanol–water partition coefficient (Wildman–Crippen LogP) is 3.96. The average Bonchev–Trinajstić information content (AvgIpc) is 3.33. The maximum Gasteiger partial charge on any atom is 0.278 e. The van der Waals surface area contributed by atoms with E-state index in [1.807, 2.05) is 58.0 Å². The Balaban J connectivity index is 1.60. The van der Waals surface area contributed by atoms with Gasteiger partial charge in [-0.2, -0.15) is 4.98 Å². The summed E-state index contributed by atoms with van der Waals surface area (Å²) in [6, 6.07) is 9.94. The first-order valence-electron chi connectivity index (χ1n) is 11.4. The van der Waals surface area contributed by atoms with Crippen molar-refractivity contribution in [1.82, 2.24) is 24.3 Å². The van der Waals surface area contributed by atoms with Gasteiger partial charge in [-0.15, -0.1) is 0 Å². The molecular formula is C26H26N6O3. The van der Waals surface area contributed by atoms with E-state index in [-0.39, 0.29) is 24.6 Å². The van der Waals surface area contributed by atoms with Crippen molar-refractivity contribution in [2.75, 3.05) is 5.32 Å². The van der Waals surface area contributed by atoms with Crippen LogP contribution in [0.15, 0.2) is 46.0 Å². The van der Waals surface area contributed by atoms with Crippen LogP contribution in [0, 0.1) is 34.6 Å². The number of rotatable bonds is 5. The summed E-state index contributed by atoms with van der Waals surface area (Å²) < 4.78 is 8.34. The fourth-order valence-corrected chi connectivity index (χ4v) is 4.64. The smallest absolute Gasteiger partial charge is 0.278 e. The lowest BCUT2D eigenvalue weighted by molar-refractivity contribution is -0.116. The van der Waals surface area contributed by atoms with Gasteiger partial charge < -0.3 is 14.4 Å². The molecule has 0 bridgehead atoms. The normalized spacial score (nSPS) is 11.5. The molecule has 3 aromatic heterocycles. The lowest BCUT2D eigenvalue weighted by Gasteiger charge is -2.14. The van der Waals surface area contributed by atoms with Gasteiger partial charge in [0, 0.05) is 11.1 Å². The van der Waals surface area contributed by atoms with E-state index in [9.17, 15) is 9.59 Å². The van der Waals surface area contributed by atoms with Gasteiger partial charge in [-0.05, 0) is 57.9 Å². The highest BCUT2D eigenvalue weighted by atomic mass is 16.5. The quantitative estimate of drug-likeness (QED) is 0.417. The van der Waals surface area contributed by atoms with Crippen LogP contribution in [0.3, 0.4) is 0 Å². The van der Waals surface area contributed by atoms with Gasteiger partial charge in [0.05, 0.1) is 11.8 Å². The van der Waals surface area contributed by atoms with Crippen LogP contribution < -0.4 is 10.9 Å². The lowest BCUT2D eigenvalue weighted by Crippen LogP contribution is -2.26. The van der Waals surface area contributed by atoms with E-state index in [4.69, 9.17) is 4.52 Å². The number of hydrogen-bond donors (Lipinski definition) is 1. The van der Waals surface area contributed by atoms with Crippen LogP contribution >= 0.6 is 0 Å². The number of carbonyl (C=O) groups excluding carboxylic acids is 1. The third-order valence-electron chi connectivity index (χ3n) is 6.10. The Kier molecular flexibility index (Phi) is 5.47. The molecule has 0 atom stereocenters. The van der Waals surface area contributed by atoms with Gasteiger partial charge in [-0.1, -0.05) is 34.5 Å². The van der Waals surface area contributed by atoms with Crippen LogP contribution in [0.2, 0.25) is 0 Å². The van der Waals surface area contributed by atoms with Crippen LogP contribution in [-0.2, 0) is 17.9 Å². The van der Waals surface area contributed by atoms with Gasteiger partial charge in [-0.25, -0.2) is 4.98 Å². The molecule has 0 aliphatic heterocycles. The number of benzene rings is 2. The van der Waals surface area contributed by atoms with Crippen molar-refractivity contribution in [2.24, 2.45) is 0 Å². The van der Waals surface area contributed by atoms with Gasteiger partial charge in [0.1, 0.15) is 24.1 Å². The first-order chi connectivity index (χ1) is 16.7. The summed E-state index contributed by atoms with van der Waals surface area (Å²) in [5.74, 6) is 0.583. The molecule has 35 heavy (non-hydrogen) atoms. The second-order valence-corrected chi connectivity index (χ2v) is 9.04. The standard InChI is InChI=1S/C26H26N6O3/c1-14-6-7-20-19(10-14)24-25(26(34)31(13-27-24)12-22-28-18(5)30-35-22)32(20)11-21(33)29-23-16(3)8-15(2)9-17(23)4/h6-10,13H,11-12H2,1-5H3,(H,29,33). The molecule has 0 unspecified atom stereocenters. The summed E-state index contributed by atoms with van der Waals surface area (Å²) in [7, 11) is 0. The minimum absolute atomic E-state index is 0.0313. The molecule has 5 rings (SSSR count). The summed E-state index contributed by atoms with van der Waals surface area (Å²) in [6.07, 6.45) is 1.48. The summed E-state index contributed by atoms with van der Waals surface area (Å²) in [5, 5.41) is 7.65. The van der Waals surface area contributed by atoms with Crippen LogP contribution in [-0.4, -0.2) is 30.2 Å². The summed E-state index contributed by atoms with van der Waals surface area (Å²) >= 11 is 0. The molecule has 1 amide bonds. The second-order valence-electron chi connectivity index (χ2n) is 9.04. The van der Waals surface area contributed by atoms with Crippen LogP contribution in [0.4, 0.5) is 5.69 Å². The fourth-order valence-electron chi connectivity index (χ4n) is 4.64. The van der Waals surface area contributed by atoms with Gasteiger partial charge in [-0.3, -0.25) is 14.2 Å². The van der Waals surface area contributed by atoms with E-state index in [0.29, 0.717) is 22.7 Å². The molecule has 0 spiro atoms. The van der Waals surface area contributed by atoms with Crippen molar-refractivity contribution in [3.05, 3.63) is 81.0 Å². The third-order valence-corrected chi connectivity index (χ3v) is 6.10. The Morgan fingerprint density at radius 3 is 2.46 bits per heavy atom. The van der Waals surface area contributed by atoms with Crippen molar-refractivity contribution in [3.8, 4) is 0 Å². The Labute approximate surface area is 201 Å². The predicted molar refractivity (Wildman–Crippen MR) is 134 cm³/mol. The highest BCUT2D eigenvalue weighted by Crippen LogP contribution is 2.27. The molecule has 3 heterocycles. The maximum atomic E-state index is 13.6. The van der Waals surface area contributed by atoms with Crippen molar-refractivity contribution in [1.29, 1.82) is 0 Å². The average molecular weight is 471 g/mol. The number of nitrogens with zero attached hydrogens (tertiary/aromatic N) is 5. The molecule has 0 saturated carbocycles. The molecule has 0 fully saturated rings. The Bertz CT molecular complexity index is 1650. The number of carbonyl (C=O) groups is 1. The molecule has 9 nitrogen and oxygen atoms in total. The van der Waals surface area contributed by atoms with Gasteiger partial charge in [0.15, 0.2) is 5.82 Å². The zero-order valence-electron chi connectivity index (χ0n) is 20.3. The van der Waals surface area contributed by atoms with E-state index < -0.39 is 0 Å². The number of fused-ring (bicyclic) bond motifs is 3. The monoisotopic (exact) mass is 470 g/mol. The van der Waals surface area contributed by atoms with E-state index in [1.54, 1.807) is 11.5 Å². The van der Waals surface area contributed by atoms with Crippen LogP contribution in [0.5, 0.6) is 0 Å². The number of hydrogen-bond acceptors (Lipinski definition) is 6. The van der Waals surface area contributed by atoms with Gasteiger partial charge in [0.25, 0.3) is 5.56 Å². The molecule has 178 valence electrons. The molecule has 0 aliphatic rings. The van der Waals surface area contributed by atoms with Crippen molar-refractivity contribution >= 4 is 33.5 Å². The van der Waals surface area contributed by atoms with E-state index in [2.05, 4.69) is 20.4 Å². The topological polar surface area (TPSA) is 108 Å². The maximum absolute atomic E-state index is 13.6. The first kappa shape index (κ1) is 22.5. The van der Waals surface area contributed by atoms with E-state index in [1.165, 1.54) is 10.9 Å². The van der Waals surface area contributed by atoms with E-state index in [0.717, 1.165) is 38.8 Å². The molecule has 1 N–H and O–H groups in total. The molecule has 0 saturated heterocycles. The minimum atomic E-state index is -0.282. The van der Waals surface area contributed by atoms with Gasteiger partial charge in [0.2, 0.25) is 11.8 Å². The lowest BCUT2D eigenvalue weighted by atomic mass is 10.1. The second kappa shape index (κ2) is 8.50. The number of aromatic nitrogens is 5. The Morgan fingerprint density at radius 2 is 1.77 bits per heavy atom. The van der Waals surface area contributed by atoms with Crippen molar-refractivity contribution in [2.45, 2.75) is 47.7 Å². The molecular weight excluding hydrogens is 444 g/mol.